The molecule has 1 aromatic rings. The van der Waals surface area contributed by atoms with Gasteiger partial charge >= 0.3 is 12.1 Å². The Kier molecular flexibility index (Phi) is 2.45. The summed E-state index contributed by atoms with van der Waals surface area (Å²) in [5.74, 6) is -1.75. The molecule has 1 N–H and O–H groups in total. The van der Waals surface area contributed by atoms with Crippen LogP contribution in [0, 0.1) is 5.92 Å². The van der Waals surface area contributed by atoms with Crippen molar-refractivity contribution in [2.45, 2.75) is 24.9 Å². The minimum atomic E-state index is -4.44. The smallest absolute Gasteiger partial charge is 0.416 e. The van der Waals surface area contributed by atoms with E-state index in [0.29, 0.717) is 0 Å². The fourth-order valence-corrected chi connectivity index (χ4v) is 2.25. The van der Waals surface area contributed by atoms with Crippen LogP contribution in [0.3, 0.4) is 0 Å². The monoisotopic (exact) mass is 244 g/mol. The summed E-state index contributed by atoms with van der Waals surface area (Å²) in [7, 11) is 0. The van der Waals surface area contributed by atoms with Crippen molar-refractivity contribution in [1.82, 2.24) is 0 Å². The summed E-state index contributed by atoms with van der Waals surface area (Å²) < 4.78 is 38.4. The Balaban J connectivity index is 2.45. The number of carboxylic acid groups (broad SMARTS) is 1. The van der Waals surface area contributed by atoms with Gasteiger partial charge in [-0.25, -0.2) is 0 Å². The van der Waals surface area contributed by atoms with Crippen LogP contribution in [-0.4, -0.2) is 11.1 Å². The standard InChI is InChI=1S/C12H11F3O2/c1-11(6-9(11)10(16)17)7-4-2-3-5-8(7)12(13,14)15/h2-5,9H,6H2,1H3,(H,16,17)/t9-,11?/m0/s1. The van der Waals surface area contributed by atoms with Gasteiger partial charge in [0, 0.05) is 5.41 Å². The van der Waals surface area contributed by atoms with E-state index >= 15 is 0 Å². The number of carboxylic acids is 1. The second-order valence-corrected chi connectivity index (χ2v) is 4.56. The molecule has 0 spiro atoms. The Morgan fingerprint density at radius 1 is 1.41 bits per heavy atom. The quantitative estimate of drug-likeness (QED) is 0.868. The number of benzene rings is 1. The molecule has 1 aromatic carbocycles. The zero-order valence-electron chi connectivity index (χ0n) is 9.08. The summed E-state index contributed by atoms with van der Waals surface area (Å²) in [5.41, 5.74) is -1.54. The molecular formula is C12H11F3O2. The van der Waals surface area contributed by atoms with Gasteiger partial charge in [0.2, 0.25) is 0 Å². The van der Waals surface area contributed by atoms with Gasteiger partial charge in [-0.2, -0.15) is 13.2 Å². The molecule has 1 aliphatic carbocycles. The molecule has 1 unspecified atom stereocenters. The van der Waals surface area contributed by atoms with Gasteiger partial charge in [0.05, 0.1) is 11.5 Å². The average Bonchev–Trinajstić information content (AvgIpc) is 2.91. The minimum absolute atomic E-state index is 0.0832. The molecule has 0 radical (unpaired) electrons. The molecule has 0 aromatic heterocycles. The lowest BCUT2D eigenvalue weighted by Crippen LogP contribution is -2.17. The second-order valence-electron chi connectivity index (χ2n) is 4.56. The zero-order valence-corrected chi connectivity index (χ0v) is 9.08. The number of alkyl halides is 3. The average molecular weight is 244 g/mol. The van der Waals surface area contributed by atoms with Crippen molar-refractivity contribution in [3.8, 4) is 0 Å². The fourth-order valence-electron chi connectivity index (χ4n) is 2.25. The molecule has 2 atom stereocenters. The van der Waals surface area contributed by atoms with E-state index in [-0.39, 0.29) is 12.0 Å². The number of hydrogen-bond donors (Lipinski definition) is 1. The molecule has 5 heteroatoms. The summed E-state index contributed by atoms with van der Waals surface area (Å²) in [6.07, 6.45) is -4.18. The molecular weight excluding hydrogens is 233 g/mol. The fraction of sp³-hybridized carbons (Fsp3) is 0.417. The van der Waals surface area contributed by atoms with E-state index in [1.807, 2.05) is 0 Å². The third-order valence-electron chi connectivity index (χ3n) is 3.38. The highest BCUT2D eigenvalue weighted by Gasteiger charge is 2.58. The van der Waals surface area contributed by atoms with Crippen molar-refractivity contribution < 1.29 is 23.1 Å². The van der Waals surface area contributed by atoms with Crippen LogP contribution >= 0.6 is 0 Å². The van der Waals surface area contributed by atoms with Gasteiger partial charge in [-0.15, -0.1) is 0 Å². The molecule has 17 heavy (non-hydrogen) atoms. The van der Waals surface area contributed by atoms with E-state index < -0.39 is 29.0 Å². The van der Waals surface area contributed by atoms with Crippen molar-refractivity contribution in [1.29, 1.82) is 0 Å². The highest BCUT2D eigenvalue weighted by atomic mass is 19.4. The lowest BCUT2D eigenvalue weighted by atomic mass is 9.90. The van der Waals surface area contributed by atoms with Gasteiger partial charge in [-0.3, -0.25) is 4.79 Å². The first kappa shape index (κ1) is 12.0. The molecule has 1 aliphatic rings. The molecule has 1 saturated carbocycles. The van der Waals surface area contributed by atoms with E-state index in [1.165, 1.54) is 18.2 Å². The van der Waals surface area contributed by atoms with Gasteiger partial charge in [0.1, 0.15) is 0 Å². The molecule has 1 fully saturated rings. The SMILES string of the molecule is CC1(c2ccccc2C(F)(F)F)C[C@H]1C(=O)O. The second kappa shape index (κ2) is 3.48. The van der Waals surface area contributed by atoms with Gasteiger partial charge < -0.3 is 5.11 Å². The van der Waals surface area contributed by atoms with Crippen molar-refractivity contribution in [3.63, 3.8) is 0 Å². The van der Waals surface area contributed by atoms with Crippen molar-refractivity contribution in [3.05, 3.63) is 35.4 Å². The maximum Gasteiger partial charge on any atom is 0.416 e. The lowest BCUT2D eigenvalue weighted by Gasteiger charge is -2.17. The molecule has 2 nitrogen and oxygen atoms in total. The van der Waals surface area contributed by atoms with Gasteiger partial charge in [-0.05, 0) is 18.1 Å². The molecule has 92 valence electrons. The Morgan fingerprint density at radius 2 is 2.00 bits per heavy atom. The lowest BCUT2D eigenvalue weighted by molar-refractivity contribution is -0.141. The summed E-state index contributed by atoms with van der Waals surface area (Å²) >= 11 is 0. The largest absolute Gasteiger partial charge is 0.481 e. The highest BCUT2D eigenvalue weighted by molar-refractivity contribution is 5.77. The first-order valence-electron chi connectivity index (χ1n) is 5.16. The summed E-state index contributed by atoms with van der Waals surface area (Å²) in [5, 5.41) is 8.86. The van der Waals surface area contributed by atoms with Crippen molar-refractivity contribution in [2.24, 2.45) is 5.92 Å². The Labute approximate surface area is 96.1 Å². The highest BCUT2D eigenvalue weighted by Crippen LogP contribution is 2.56. The van der Waals surface area contributed by atoms with Crippen molar-refractivity contribution in [2.75, 3.05) is 0 Å². The first-order chi connectivity index (χ1) is 7.77. The first-order valence-corrected chi connectivity index (χ1v) is 5.16. The molecule has 0 amide bonds. The summed E-state index contributed by atoms with van der Waals surface area (Å²) in [6, 6.07) is 5.18. The summed E-state index contributed by atoms with van der Waals surface area (Å²) in [6.45, 7) is 1.57. The predicted octanol–water partition coefficient (Wildman–Crippen LogP) is 3.07. The number of carbonyl (C=O) groups is 1. The van der Waals surface area contributed by atoms with Gasteiger partial charge in [-0.1, -0.05) is 25.1 Å². The third-order valence-corrected chi connectivity index (χ3v) is 3.38. The Morgan fingerprint density at radius 3 is 2.47 bits per heavy atom. The molecule has 2 rings (SSSR count). The maximum absolute atomic E-state index is 12.8. The van der Waals surface area contributed by atoms with E-state index in [2.05, 4.69) is 0 Å². The van der Waals surface area contributed by atoms with Crippen LogP contribution in [0.15, 0.2) is 24.3 Å². The molecule has 0 aliphatic heterocycles. The number of halogens is 3. The molecule has 0 saturated heterocycles. The van der Waals surface area contributed by atoms with Crippen LogP contribution in [0.2, 0.25) is 0 Å². The topological polar surface area (TPSA) is 37.3 Å². The van der Waals surface area contributed by atoms with E-state index in [0.717, 1.165) is 6.07 Å². The van der Waals surface area contributed by atoms with E-state index in [4.69, 9.17) is 5.11 Å². The molecule has 0 heterocycles. The number of rotatable bonds is 2. The van der Waals surface area contributed by atoms with Crippen LogP contribution in [0.1, 0.15) is 24.5 Å². The van der Waals surface area contributed by atoms with Crippen LogP contribution in [-0.2, 0) is 16.4 Å². The zero-order chi connectivity index (χ0) is 12.8. The van der Waals surface area contributed by atoms with Crippen LogP contribution in [0.4, 0.5) is 13.2 Å². The van der Waals surface area contributed by atoms with Crippen molar-refractivity contribution >= 4 is 5.97 Å². The van der Waals surface area contributed by atoms with Gasteiger partial charge in [0.25, 0.3) is 0 Å². The normalized spacial score (nSPS) is 27.9. The number of hydrogen-bond acceptors (Lipinski definition) is 1. The Hall–Kier alpha value is -1.52. The maximum atomic E-state index is 12.8. The summed E-state index contributed by atoms with van der Waals surface area (Å²) in [4.78, 5) is 10.8. The minimum Gasteiger partial charge on any atom is -0.481 e. The van der Waals surface area contributed by atoms with Crippen LogP contribution in [0.5, 0.6) is 0 Å². The number of aliphatic carboxylic acids is 1. The van der Waals surface area contributed by atoms with Crippen LogP contribution < -0.4 is 0 Å². The van der Waals surface area contributed by atoms with Gasteiger partial charge in [0.15, 0.2) is 0 Å². The van der Waals surface area contributed by atoms with E-state index in [9.17, 15) is 18.0 Å². The van der Waals surface area contributed by atoms with Crippen LogP contribution in [0.25, 0.3) is 0 Å². The third kappa shape index (κ3) is 1.90. The van der Waals surface area contributed by atoms with E-state index in [1.54, 1.807) is 6.92 Å². The molecule has 0 bridgehead atoms. The Bertz CT molecular complexity index is 467. The predicted molar refractivity (Wildman–Crippen MR) is 54.5 cm³/mol.